The highest BCUT2D eigenvalue weighted by Crippen LogP contribution is 2.31. The molecule has 25 heavy (non-hydrogen) atoms. The van der Waals surface area contributed by atoms with Gasteiger partial charge in [0.25, 0.3) is 0 Å². The number of benzene rings is 1. The normalized spacial score (nSPS) is 19.0. The average molecular weight is 346 g/mol. The summed E-state index contributed by atoms with van der Waals surface area (Å²) in [5.41, 5.74) is 0.930. The second kappa shape index (κ2) is 7.67. The minimum Gasteiger partial charge on any atom is -0.490 e. The molecule has 1 saturated heterocycles. The van der Waals surface area contributed by atoms with Gasteiger partial charge in [-0.1, -0.05) is 6.07 Å². The highest BCUT2D eigenvalue weighted by Gasteiger charge is 2.28. The van der Waals surface area contributed by atoms with E-state index in [9.17, 15) is 15.2 Å². The van der Waals surface area contributed by atoms with E-state index in [1.165, 1.54) is 13.2 Å². The predicted molar refractivity (Wildman–Crippen MR) is 91.4 cm³/mol. The third-order valence-electron chi connectivity index (χ3n) is 4.69. The Kier molecular flexibility index (Phi) is 5.35. The van der Waals surface area contributed by atoms with Crippen LogP contribution in [-0.2, 0) is 6.54 Å². The maximum Gasteiger partial charge on any atom is 0.310 e. The maximum absolute atomic E-state index is 11.0. The molecule has 1 fully saturated rings. The van der Waals surface area contributed by atoms with Gasteiger partial charge in [-0.25, -0.2) is 0 Å². The van der Waals surface area contributed by atoms with E-state index in [0.717, 1.165) is 24.9 Å². The third-order valence-corrected chi connectivity index (χ3v) is 4.69. The average Bonchev–Trinajstić information content (AvgIpc) is 3.27. The predicted octanol–water partition coefficient (Wildman–Crippen LogP) is 3.28. The van der Waals surface area contributed by atoms with Crippen molar-refractivity contribution < 1.29 is 19.2 Å². The van der Waals surface area contributed by atoms with Crippen LogP contribution in [0, 0.1) is 10.1 Å². The van der Waals surface area contributed by atoms with Gasteiger partial charge in [0.1, 0.15) is 11.9 Å². The second-order valence-corrected chi connectivity index (χ2v) is 6.30. The number of likely N-dealkylation sites (tertiary alicyclic amines) is 1. The summed E-state index contributed by atoms with van der Waals surface area (Å²) in [6, 6.07) is 8.77. The molecule has 2 atom stereocenters. The number of hydrogen-bond donors (Lipinski definition) is 1. The number of rotatable bonds is 7. The number of ether oxygens (including phenoxy) is 1. The van der Waals surface area contributed by atoms with E-state index in [1.807, 2.05) is 0 Å². The number of methoxy groups -OCH3 is 1. The Morgan fingerprint density at radius 3 is 3.00 bits per heavy atom. The van der Waals surface area contributed by atoms with Crippen molar-refractivity contribution in [1.82, 2.24) is 4.90 Å². The van der Waals surface area contributed by atoms with Gasteiger partial charge in [0.05, 0.1) is 18.3 Å². The van der Waals surface area contributed by atoms with Crippen LogP contribution < -0.4 is 4.74 Å². The monoisotopic (exact) mass is 346 g/mol. The summed E-state index contributed by atoms with van der Waals surface area (Å²) in [4.78, 5) is 12.9. The summed E-state index contributed by atoms with van der Waals surface area (Å²) in [5, 5.41) is 21.3. The maximum atomic E-state index is 11.0. The molecule has 1 aliphatic rings. The second-order valence-electron chi connectivity index (χ2n) is 6.30. The number of furan rings is 1. The van der Waals surface area contributed by atoms with E-state index in [2.05, 4.69) is 4.90 Å². The molecule has 0 bridgehead atoms. The number of aliphatic hydroxyl groups is 1. The van der Waals surface area contributed by atoms with E-state index >= 15 is 0 Å². The fourth-order valence-corrected chi connectivity index (χ4v) is 3.43. The van der Waals surface area contributed by atoms with Gasteiger partial charge in [0.2, 0.25) is 0 Å². The molecule has 0 amide bonds. The lowest BCUT2D eigenvalue weighted by molar-refractivity contribution is -0.385. The molecular weight excluding hydrogens is 324 g/mol. The van der Waals surface area contributed by atoms with Crippen molar-refractivity contribution in [3.05, 3.63) is 58.0 Å². The van der Waals surface area contributed by atoms with Gasteiger partial charge in [-0.15, -0.1) is 0 Å². The highest BCUT2D eigenvalue weighted by atomic mass is 16.6. The molecule has 7 nitrogen and oxygen atoms in total. The lowest BCUT2D eigenvalue weighted by Crippen LogP contribution is -2.30. The zero-order valence-electron chi connectivity index (χ0n) is 14.1. The fourth-order valence-electron chi connectivity index (χ4n) is 3.43. The molecule has 1 aromatic carbocycles. The van der Waals surface area contributed by atoms with Crippen LogP contribution in [0.15, 0.2) is 41.0 Å². The molecule has 2 unspecified atom stereocenters. The van der Waals surface area contributed by atoms with E-state index in [0.29, 0.717) is 18.7 Å². The van der Waals surface area contributed by atoms with Gasteiger partial charge in [0, 0.05) is 18.7 Å². The molecule has 1 N–H and O–H groups in total. The van der Waals surface area contributed by atoms with E-state index in [-0.39, 0.29) is 17.5 Å². The number of aliphatic hydroxyl groups excluding tert-OH is 1. The minimum absolute atomic E-state index is 0.0301. The van der Waals surface area contributed by atoms with Gasteiger partial charge in [-0.3, -0.25) is 15.0 Å². The largest absolute Gasteiger partial charge is 0.490 e. The Labute approximate surface area is 146 Å². The quantitative estimate of drug-likeness (QED) is 0.611. The van der Waals surface area contributed by atoms with Crippen molar-refractivity contribution in [2.24, 2.45) is 0 Å². The van der Waals surface area contributed by atoms with Crippen LogP contribution in [0.25, 0.3) is 0 Å². The molecule has 3 rings (SSSR count). The first kappa shape index (κ1) is 17.4. The lowest BCUT2D eigenvalue weighted by atomic mass is 10.0. The lowest BCUT2D eigenvalue weighted by Gasteiger charge is -2.26. The molecule has 0 saturated carbocycles. The first-order chi connectivity index (χ1) is 12.1. The van der Waals surface area contributed by atoms with E-state index < -0.39 is 11.0 Å². The molecule has 1 aliphatic heterocycles. The van der Waals surface area contributed by atoms with Gasteiger partial charge in [0.15, 0.2) is 5.75 Å². The summed E-state index contributed by atoms with van der Waals surface area (Å²) < 4.78 is 10.4. The van der Waals surface area contributed by atoms with Crippen LogP contribution in [0.1, 0.15) is 36.7 Å². The molecule has 2 heterocycles. The van der Waals surface area contributed by atoms with Gasteiger partial charge in [-0.05, 0) is 49.6 Å². The number of nitro groups is 1. The molecule has 2 aromatic rings. The van der Waals surface area contributed by atoms with Gasteiger partial charge < -0.3 is 14.3 Å². The fraction of sp³-hybridized carbons (Fsp3) is 0.444. The van der Waals surface area contributed by atoms with Crippen molar-refractivity contribution in [1.29, 1.82) is 0 Å². The van der Waals surface area contributed by atoms with Crippen LogP contribution in [0.4, 0.5) is 5.69 Å². The summed E-state index contributed by atoms with van der Waals surface area (Å²) in [6.07, 6.45) is 3.64. The van der Waals surface area contributed by atoms with Crippen LogP contribution in [0.2, 0.25) is 0 Å². The van der Waals surface area contributed by atoms with Crippen molar-refractivity contribution >= 4 is 5.69 Å². The Balaban J connectivity index is 1.68. The molecule has 0 aliphatic carbocycles. The first-order valence-corrected chi connectivity index (χ1v) is 8.35. The molecule has 7 heteroatoms. The number of nitro benzene ring substituents is 1. The Morgan fingerprint density at radius 2 is 2.32 bits per heavy atom. The van der Waals surface area contributed by atoms with E-state index in [4.69, 9.17) is 9.15 Å². The molecule has 0 spiro atoms. The molecular formula is C18H22N2O5. The first-order valence-electron chi connectivity index (χ1n) is 8.35. The number of nitrogens with zero attached hydrogens (tertiary/aromatic N) is 2. The van der Waals surface area contributed by atoms with Crippen LogP contribution >= 0.6 is 0 Å². The molecule has 0 radical (unpaired) electrons. The van der Waals surface area contributed by atoms with E-state index in [1.54, 1.807) is 30.5 Å². The summed E-state index contributed by atoms with van der Waals surface area (Å²) in [5.74, 6) is 0.859. The minimum atomic E-state index is -0.619. The third kappa shape index (κ3) is 4.00. The molecule has 134 valence electrons. The summed E-state index contributed by atoms with van der Waals surface area (Å²) in [7, 11) is 1.44. The van der Waals surface area contributed by atoms with Gasteiger partial charge in [-0.2, -0.15) is 0 Å². The van der Waals surface area contributed by atoms with Crippen LogP contribution in [0.3, 0.4) is 0 Å². The standard InChI is InChI=1S/C18H22N2O5/c1-24-18-10-13(6-7-15(18)20(22)23)12-19-8-2-4-14(19)11-16(21)17-5-3-9-25-17/h3,5-7,9-10,14,16,21H,2,4,8,11-12H2,1H3. The topological polar surface area (TPSA) is 89.0 Å². The summed E-state index contributed by atoms with van der Waals surface area (Å²) in [6.45, 7) is 1.61. The van der Waals surface area contributed by atoms with Crippen molar-refractivity contribution in [3.8, 4) is 5.75 Å². The molecule has 1 aromatic heterocycles. The highest BCUT2D eigenvalue weighted by molar-refractivity contribution is 5.48. The Bertz CT molecular complexity index is 716. The van der Waals surface area contributed by atoms with Crippen LogP contribution in [0.5, 0.6) is 5.75 Å². The van der Waals surface area contributed by atoms with Crippen LogP contribution in [-0.4, -0.2) is 34.6 Å². The zero-order valence-corrected chi connectivity index (χ0v) is 14.1. The van der Waals surface area contributed by atoms with Crippen molar-refractivity contribution in [2.75, 3.05) is 13.7 Å². The van der Waals surface area contributed by atoms with Crippen molar-refractivity contribution in [3.63, 3.8) is 0 Å². The SMILES string of the molecule is COc1cc(CN2CCCC2CC(O)c2ccco2)ccc1[N+](=O)[O-]. The Morgan fingerprint density at radius 1 is 1.48 bits per heavy atom. The van der Waals surface area contributed by atoms with Gasteiger partial charge >= 0.3 is 5.69 Å². The Hall–Kier alpha value is -2.38. The zero-order chi connectivity index (χ0) is 17.8. The van der Waals surface area contributed by atoms with Crippen molar-refractivity contribution in [2.45, 2.75) is 38.0 Å². The smallest absolute Gasteiger partial charge is 0.310 e. The summed E-state index contributed by atoms with van der Waals surface area (Å²) >= 11 is 0. The number of hydrogen-bond acceptors (Lipinski definition) is 6.